The van der Waals surface area contributed by atoms with Crippen LogP contribution < -0.4 is 10.6 Å². The van der Waals surface area contributed by atoms with Gasteiger partial charge in [0.15, 0.2) is 0 Å². The standard InChI is InChI=1S/C28H34N6O3/c29-27(37)24-23(33-10-8-28(14-35,15-36)9-11-33)13-20(25-26(24)31-16-30-25)18-6-7-22-21(12-18)32-17-34(22)19-4-2-1-3-5-19/h6-7,12-13,16-17,19,35-36H,1-5,8-11,14-15H2,(H2,29,37)(H,30,31). The molecule has 5 N–H and O–H groups in total. The fourth-order valence-electron chi connectivity index (χ4n) is 6.25. The second-order valence-corrected chi connectivity index (χ2v) is 10.8. The number of fused-ring (bicyclic) bond motifs is 2. The largest absolute Gasteiger partial charge is 0.396 e. The van der Waals surface area contributed by atoms with Gasteiger partial charge in [-0.2, -0.15) is 0 Å². The smallest absolute Gasteiger partial charge is 0.253 e. The van der Waals surface area contributed by atoms with Gasteiger partial charge in [0.25, 0.3) is 5.91 Å². The second-order valence-electron chi connectivity index (χ2n) is 10.8. The van der Waals surface area contributed by atoms with Gasteiger partial charge in [-0.25, -0.2) is 9.97 Å². The molecule has 1 aliphatic carbocycles. The van der Waals surface area contributed by atoms with Crippen molar-refractivity contribution < 1.29 is 15.0 Å². The Labute approximate surface area is 215 Å². The molecule has 6 rings (SSSR count). The number of H-pyrrole nitrogens is 1. The van der Waals surface area contributed by atoms with E-state index in [2.05, 4.69) is 37.6 Å². The van der Waals surface area contributed by atoms with Crippen molar-refractivity contribution in [3.8, 4) is 11.1 Å². The van der Waals surface area contributed by atoms with Crippen LogP contribution in [-0.2, 0) is 0 Å². The summed E-state index contributed by atoms with van der Waals surface area (Å²) in [6.45, 7) is 1.09. The lowest BCUT2D eigenvalue weighted by atomic mass is 9.79. The number of amides is 1. The minimum absolute atomic E-state index is 0.0572. The molecule has 4 aromatic rings. The number of nitrogens with two attached hydrogens (primary N) is 1. The predicted octanol–water partition coefficient (Wildman–Crippen LogP) is 3.75. The first-order valence-electron chi connectivity index (χ1n) is 13.3. The van der Waals surface area contributed by atoms with Gasteiger partial charge in [-0.05, 0) is 49.4 Å². The van der Waals surface area contributed by atoms with E-state index >= 15 is 0 Å². The number of aliphatic hydroxyl groups is 2. The molecular formula is C28H34N6O3. The summed E-state index contributed by atoms with van der Waals surface area (Å²) in [7, 11) is 0. The molecule has 2 fully saturated rings. The van der Waals surface area contributed by atoms with E-state index in [0.29, 0.717) is 48.6 Å². The van der Waals surface area contributed by atoms with Crippen LogP contribution >= 0.6 is 0 Å². The van der Waals surface area contributed by atoms with Crippen molar-refractivity contribution in [1.29, 1.82) is 0 Å². The average molecular weight is 503 g/mol. The van der Waals surface area contributed by atoms with Gasteiger partial charge in [0, 0.05) is 30.1 Å². The van der Waals surface area contributed by atoms with Crippen molar-refractivity contribution in [2.75, 3.05) is 31.2 Å². The first-order chi connectivity index (χ1) is 18.0. The average Bonchev–Trinajstić information content (AvgIpc) is 3.60. The number of imidazole rings is 2. The number of anilines is 1. The molecular weight excluding hydrogens is 468 g/mol. The highest BCUT2D eigenvalue weighted by Gasteiger charge is 2.35. The van der Waals surface area contributed by atoms with Gasteiger partial charge in [0.05, 0.1) is 59.2 Å². The molecule has 0 bridgehead atoms. The molecule has 1 saturated carbocycles. The Kier molecular flexibility index (Phi) is 6.12. The highest BCUT2D eigenvalue weighted by Crippen LogP contribution is 2.40. The molecule has 1 saturated heterocycles. The van der Waals surface area contributed by atoms with Gasteiger partial charge in [0.2, 0.25) is 0 Å². The Balaban J connectivity index is 1.43. The number of rotatable bonds is 6. The lowest BCUT2D eigenvalue weighted by Crippen LogP contribution is -2.44. The zero-order chi connectivity index (χ0) is 25.6. The van der Waals surface area contributed by atoms with Crippen LogP contribution in [-0.4, -0.2) is 61.9 Å². The number of primary amides is 1. The van der Waals surface area contributed by atoms with E-state index in [1.807, 2.05) is 12.4 Å². The fraction of sp³-hybridized carbons (Fsp3) is 0.464. The van der Waals surface area contributed by atoms with Gasteiger partial charge in [-0.3, -0.25) is 4.79 Å². The van der Waals surface area contributed by atoms with Crippen LogP contribution in [0.25, 0.3) is 33.2 Å². The summed E-state index contributed by atoms with van der Waals surface area (Å²) in [5.41, 5.74) is 11.8. The van der Waals surface area contributed by atoms with E-state index in [-0.39, 0.29) is 13.2 Å². The molecule has 37 heavy (non-hydrogen) atoms. The Morgan fingerprint density at radius 3 is 2.54 bits per heavy atom. The molecule has 0 spiro atoms. The van der Waals surface area contributed by atoms with Crippen LogP contribution in [0.4, 0.5) is 5.69 Å². The summed E-state index contributed by atoms with van der Waals surface area (Å²) >= 11 is 0. The van der Waals surface area contributed by atoms with E-state index in [9.17, 15) is 15.0 Å². The third-order valence-corrected chi connectivity index (χ3v) is 8.62. The molecule has 1 amide bonds. The Morgan fingerprint density at radius 2 is 1.84 bits per heavy atom. The maximum Gasteiger partial charge on any atom is 0.253 e. The first kappa shape index (κ1) is 23.9. The molecule has 2 aromatic carbocycles. The van der Waals surface area contributed by atoms with Crippen molar-refractivity contribution in [2.24, 2.45) is 11.1 Å². The first-order valence-corrected chi connectivity index (χ1v) is 13.3. The molecule has 0 radical (unpaired) electrons. The Hall–Kier alpha value is -3.43. The number of benzene rings is 2. The summed E-state index contributed by atoms with van der Waals surface area (Å²) in [5, 5.41) is 19.7. The predicted molar refractivity (Wildman–Crippen MR) is 144 cm³/mol. The summed E-state index contributed by atoms with van der Waals surface area (Å²) in [6, 6.07) is 8.87. The quantitative estimate of drug-likeness (QED) is 0.317. The van der Waals surface area contributed by atoms with Crippen LogP contribution in [0.5, 0.6) is 0 Å². The molecule has 9 heteroatoms. The van der Waals surface area contributed by atoms with Crippen molar-refractivity contribution in [3.63, 3.8) is 0 Å². The Morgan fingerprint density at radius 1 is 1.08 bits per heavy atom. The summed E-state index contributed by atoms with van der Waals surface area (Å²) < 4.78 is 2.33. The molecule has 2 aliphatic rings. The number of nitrogens with one attached hydrogen (secondary N) is 1. The molecule has 9 nitrogen and oxygen atoms in total. The van der Waals surface area contributed by atoms with E-state index < -0.39 is 11.3 Å². The van der Waals surface area contributed by atoms with E-state index in [0.717, 1.165) is 27.8 Å². The highest BCUT2D eigenvalue weighted by atomic mass is 16.3. The van der Waals surface area contributed by atoms with E-state index in [1.165, 1.54) is 32.1 Å². The SMILES string of the molecule is NC(=O)c1c(N2CCC(CO)(CO)CC2)cc(-c2ccc3c(c2)ncn3C2CCCCC2)c2nc[nH]c12. The number of piperidine rings is 1. The van der Waals surface area contributed by atoms with Gasteiger partial charge >= 0.3 is 0 Å². The zero-order valence-corrected chi connectivity index (χ0v) is 21.0. The monoisotopic (exact) mass is 502 g/mol. The van der Waals surface area contributed by atoms with Gasteiger partial charge in [-0.15, -0.1) is 0 Å². The number of aromatic amines is 1. The third-order valence-electron chi connectivity index (χ3n) is 8.62. The lowest BCUT2D eigenvalue weighted by molar-refractivity contribution is 0.0340. The Bertz CT molecular complexity index is 1440. The van der Waals surface area contributed by atoms with Gasteiger partial charge in [-0.1, -0.05) is 25.3 Å². The van der Waals surface area contributed by atoms with E-state index in [4.69, 9.17) is 10.7 Å². The molecule has 3 heterocycles. The zero-order valence-electron chi connectivity index (χ0n) is 21.0. The van der Waals surface area contributed by atoms with Crippen LogP contribution in [0, 0.1) is 5.41 Å². The van der Waals surface area contributed by atoms with Crippen LogP contribution in [0.15, 0.2) is 36.9 Å². The van der Waals surface area contributed by atoms with E-state index in [1.54, 1.807) is 6.33 Å². The summed E-state index contributed by atoms with van der Waals surface area (Å²) in [6.07, 6.45) is 11.1. The molecule has 0 atom stereocenters. The third kappa shape index (κ3) is 4.06. The maximum absolute atomic E-state index is 12.6. The fourth-order valence-corrected chi connectivity index (χ4v) is 6.25. The van der Waals surface area contributed by atoms with Gasteiger partial charge < -0.3 is 30.4 Å². The normalized spacial score (nSPS) is 18.6. The number of carbonyl (C=O) groups is 1. The molecule has 194 valence electrons. The summed E-state index contributed by atoms with van der Waals surface area (Å²) in [5.74, 6) is -0.515. The van der Waals surface area contributed by atoms with Gasteiger partial charge in [0.1, 0.15) is 0 Å². The molecule has 1 aliphatic heterocycles. The minimum atomic E-state index is -0.515. The lowest BCUT2D eigenvalue weighted by Gasteiger charge is -2.41. The number of hydrogen-bond donors (Lipinski definition) is 4. The van der Waals surface area contributed by atoms with Crippen LogP contribution in [0.1, 0.15) is 61.3 Å². The number of nitrogens with zero attached hydrogens (tertiary/aromatic N) is 4. The number of aromatic nitrogens is 4. The maximum atomic E-state index is 12.6. The van der Waals surface area contributed by atoms with Crippen molar-refractivity contribution >= 4 is 33.7 Å². The molecule has 0 unspecified atom stereocenters. The second kappa shape index (κ2) is 9.46. The van der Waals surface area contributed by atoms with Crippen molar-refractivity contribution in [1.82, 2.24) is 19.5 Å². The summed E-state index contributed by atoms with van der Waals surface area (Å²) in [4.78, 5) is 27.2. The topological polar surface area (TPSA) is 133 Å². The highest BCUT2D eigenvalue weighted by molar-refractivity contribution is 6.13. The van der Waals surface area contributed by atoms with Crippen LogP contribution in [0.3, 0.4) is 0 Å². The van der Waals surface area contributed by atoms with Crippen molar-refractivity contribution in [3.05, 3.63) is 42.5 Å². The van der Waals surface area contributed by atoms with Crippen molar-refractivity contribution in [2.45, 2.75) is 51.0 Å². The number of carbonyl (C=O) groups excluding carboxylic acids is 1. The van der Waals surface area contributed by atoms with Crippen LogP contribution in [0.2, 0.25) is 0 Å². The number of hydrogen-bond acceptors (Lipinski definition) is 6. The minimum Gasteiger partial charge on any atom is -0.396 e. The molecule has 2 aromatic heterocycles. The number of aliphatic hydroxyl groups excluding tert-OH is 2.